The Morgan fingerprint density at radius 1 is 1.22 bits per heavy atom. The summed E-state index contributed by atoms with van der Waals surface area (Å²) in [4.78, 5) is 0. The minimum Gasteiger partial charge on any atom is -0.268 e. The molecule has 0 saturated carbocycles. The van der Waals surface area contributed by atoms with E-state index in [4.69, 9.17) is 11.6 Å². The predicted octanol–water partition coefficient (Wildman–Crippen LogP) is 4.07. The molecule has 1 heterocycles. The van der Waals surface area contributed by atoms with Crippen LogP contribution < -0.4 is 0 Å². The molecule has 6 heteroatoms. The maximum atomic E-state index is 12.5. The Balaban J connectivity index is 2.51. The van der Waals surface area contributed by atoms with Crippen LogP contribution >= 0.6 is 11.6 Å². The monoisotopic (exact) mass is 274 g/mol. The first-order valence-electron chi connectivity index (χ1n) is 5.17. The largest absolute Gasteiger partial charge is 0.416 e. The van der Waals surface area contributed by atoms with Crippen LogP contribution in [0.3, 0.4) is 0 Å². The first kappa shape index (κ1) is 13.0. The third-order valence-electron chi connectivity index (χ3n) is 2.57. The Hall–Kier alpha value is -1.49. The maximum absolute atomic E-state index is 12.5. The average molecular weight is 275 g/mol. The van der Waals surface area contributed by atoms with E-state index in [1.807, 2.05) is 6.92 Å². The molecule has 0 aliphatic heterocycles. The van der Waals surface area contributed by atoms with Gasteiger partial charge in [-0.05, 0) is 25.1 Å². The Morgan fingerprint density at radius 3 is 2.33 bits per heavy atom. The van der Waals surface area contributed by atoms with Crippen LogP contribution in [-0.2, 0) is 13.2 Å². The number of nitrogens with zero attached hydrogens (tertiary/aromatic N) is 2. The van der Waals surface area contributed by atoms with Crippen molar-refractivity contribution in [2.45, 2.75) is 13.1 Å². The van der Waals surface area contributed by atoms with Crippen LogP contribution in [0.25, 0.3) is 11.3 Å². The average Bonchev–Trinajstić information content (AvgIpc) is 2.56. The van der Waals surface area contributed by atoms with Crippen molar-refractivity contribution in [2.75, 3.05) is 0 Å². The zero-order valence-electron chi connectivity index (χ0n) is 9.72. The molecule has 2 rings (SSSR count). The summed E-state index contributed by atoms with van der Waals surface area (Å²) in [7, 11) is 1.72. The Morgan fingerprint density at radius 2 is 1.89 bits per heavy atom. The summed E-state index contributed by atoms with van der Waals surface area (Å²) in [5.41, 5.74) is 1.25. The second kappa shape index (κ2) is 4.31. The lowest BCUT2D eigenvalue weighted by Crippen LogP contribution is -2.05. The molecule has 2 nitrogen and oxygen atoms in total. The summed E-state index contributed by atoms with van der Waals surface area (Å²) in [5, 5.41) is 4.20. The smallest absolute Gasteiger partial charge is 0.268 e. The van der Waals surface area contributed by atoms with Crippen LogP contribution in [0.15, 0.2) is 24.3 Å². The minimum absolute atomic E-state index is 0.0628. The lowest BCUT2D eigenvalue weighted by Gasteiger charge is -2.10. The van der Waals surface area contributed by atoms with E-state index in [0.717, 1.165) is 17.8 Å². The van der Waals surface area contributed by atoms with E-state index < -0.39 is 11.7 Å². The second-order valence-electron chi connectivity index (χ2n) is 3.99. The quantitative estimate of drug-likeness (QED) is 0.766. The van der Waals surface area contributed by atoms with Gasteiger partial charge in [0, 0.05) is 12.6 Å². The van der Waals surface area contributed by atoms with Crippen molar-refractivity contribution in [1.82, 2.24) is 9.78 Å². The van der Waals surface area contributed by atoms with Gasteiger partial charge in [-0.1, -0.05) is 17.7 Å². The van der Waals surface area contributed by atoms with E-state index in [0.29, 0.717) is 11.3 Å². The second-order valence-corrected chi connectivity index (χ2v) is 4.39. The van der Waals surface area contributed by atoms with E-state index in [-0.39, 0.29) is 5.02 Å². The van der Waals surface area contributed by atoms with Crippen molar-refractivity contribution in [3.63, 3.8) is 0 Å². The topological polar surface area (TPSA) is 17.8 Å². The molecular weight excluding hydrogens is 265 g/mol. The first-order valence-corrected chi connectivity index (χ1v) is 5.54. The fourth-order valence-corrected chi connectivity index (χ4v) is 2.04. The van der Waals surface area contributed by atoms with E-state index in [9.17, 15) is 13.2 Å². The van der Waals surface area contributed by atoms with Gasteiger partial charge in [0.1, 0.15) is 0 Å². The van der Waals surface area contributed by atoms with Crippen LogP contribution in [0.1, 0.15) is 11.3 Å². The molecule has 0 saturated heterocycles. The van der Waals surface area contributed by atoms with Crippen LogP contribution in [0.4, 0.5) is 13.2 Å². The van der Waals surface area contributed by atoms with Crippen molar-refractivity contribution >= 4 is 11.6 Å². The highest BCUT2D eigenvalue weighted by Crippen LogP contribution is 2.35. The fourth-order valence-electron chi connectivity index (χ4n) is 1.76. The Bertz CT molecular complexity index is 587. The van der Waals surface area contributed by atoms with Gasteiger partial charge in [-0.3, -0.25) is 4.68 Å². The summed E-state index contributed by atoms with van der Waals surface area (Å²) in [6.45, 7) is 1.81. The summed E-state index contributed by atoms with van der Waals surface area (Å²) >= 11 is 5.91. The van der Waals surface area contributed by atoms with Crippen molar-refractivity contribution in [1.29, 1.82) is 0 Å². The number of rotatable bonds is 1. The normalized spacial score (nSPS) is 11.9. The minimum atomic E-state index is -4.38. The van der Waals surface area contributed by atoms with Crippen molar-refractivity contribution < 1.29 is 13.2 Å². The summed E-state index contributed by atoms with van der Waals surface area (Å²) in [5.74, 6) is 0. The lowest BCUT2D eigenvalue weighted by atomic mass is 10.1. The summed E-state index contributed by atoms with van der Waals surface area (Å²) in [6.07, 6.45) is -4.38. The highest BCUT2D eigenvalue weighted by Gasteiger charge is 2.31. The highest BCUT2D eigenvalue weighted by molar-refractivity contribution is 6.33. The molecule has 1 aromatic carbocycles. The number of benzene rings is 1. The van der Waals surface area contributed by atoms with E-state index in [2.05, 4.69) is 5.10 Å². The number of hydrogen-bond donors (Lipinski definition) is 0. The van der Waals surface area contributed by atoms with Gasteiger partial charge in [0.2, 0.25) is 0 Å². The lowest BCUT2D eigenvalue weighted by molar-refractivity contribution is -0.137. The predicted molar refractivity (Wildman–Crippen MR) is 63.4 cm³/mol. The maximum Gasteiger partial charge on any atom is 0.416 e. The van der Waals surface area contributed by atoms with Gasteiger partial charge in [-0.25, -0.2) is 0 Å². The van der Waals surface area contributed by atoms with Crippen molar-refractivity contribution in [3.8, 4) is 11.3 Å². The highest BCUT2D eigenvalue weighted by atomic mass is 35.5. The van der Waals surface area contributed by atoms with E-state index in [1.54, 1.807) is 17.8 Å². The van der Waals surface area contributed by atoms with Crippen LogP contribution in [-0.4, -0.2) is 9.78 Å². The standard InChI is InChI=1S/C12H10ClF3N2/c1-7-5-11(18(2)17-7)9-4-3-8(6-10(9)13)12(14,15)16/h3-6H,1-2H3. The Kier molecular flexibility index (Phi) is 3.11. The molecule has 0 atom stereocenters. The molecule has 0 unspecified atom stereocenters. The molecule has 0 bridgehead atoms. The van der Waals surface area contributed by atoms with Gasteiger partial charge in [0.15, 0.2) is 0 Å². The fraction of sp³-hybridized carbons (Fsp3) is 0.250. The third-order valence-corrected chi connectivity index (χ3v) is 2.89. The van der Waals surface area contributed by atoms with Crippen molar-refractivity contribution in [3.05, 3.63) is 40.5 Å². The summed E-state index contributed by atoms with van der Waals surface area (Å²) < 4.78 is 39.1. The molecular formula is C12H10ClF3N2. The zero-order chi connectivity index (χ0) is 13.5. The Labute approximate surface area is 107 Å². The molecule has 0 spiro atoms. The molecule has 0 amide bonds. The van der Waals surface area contributed by atoms with Gasteiger partial charge < -0.3 is 0 Å². The summed E-state index contributed by atoms with van der Waals surface area (Å²) in [6, 6.07) is 5.08. The van der Waals surface area contributed by atoms with Crippen molar-refractivity contribution in [2.24, 2.45) is 7.05 Å². The van der Waals surface area contributed by atoms with E-state index in [1.165, 1.54) is 6.07 Å². The molecule has 2 aromatic rings. The molecule has 1 aromatic heterocycles. The molecule has 0 aliphatic rings. The number of aryl methyl sites for hydroxylation is 2. The van der Waals surface area contributed by atoms with Crippen LogP contribution in [0, 0.1) is 6.92 Å². The van der Waals surface area contributed by atoms with Gasteiger partial charge in [0.25, 0.3) is 0 Å². The number of hydrogen-bond acceptors (Lipinski definition) is 1. The number of halogens is 4. The van der Waals surface area contributed by atoms with Gasteiger partial charge in [-0.15, -0.1) is 0 Å². The number of aromatic nitrogens is 2. The molecule has 18 heavy (non-hydrogen) atoms. The molecule has 96 valence electrons. The molecule has 0 fully saturated rings. The van der Waals surface area contributed by atoms with Gasteiger partial charge >= 0.3 is 6.18 Å². The zero-order valence-corrected chi connectivity index (χ0v) is 10.5. The molecule has 0 radical (unpaired) electrons. The number of alkyl halides is 3. The van der Waals surface area contributed by atoms with E-state index >= 15 is 0 Å². The van der Waals surface area contributed by atoms with Crippen LogP contribution in [0.5, 0.6) is 0 Å². The van der Waals surface area contributed by atoms with Gasteiger partial charge in [-0.2, -0.15) is 18.3 Å². The van der Waals surface area contributed by atoms with Crippen LogP contribution in [0.2, 0.25) is 5.02 Å². The molecule has 0 aliphatic carbocycles. The first-order chi connectivity index (χ1) is 8.29. The SMILES string of the molecule is Cc1cc(-c2ccc(C(F)(F)F)cc2Cl)n(C)n1. The van der Waals surface area contributed by atoms with Gasteiger partial charge in [0.05, 0.1) is 22.0 Å². The molecule has 0 N–H and O–H groups in total. The third kappa shape index (κ3) is 2.36.